The molecule has 21 heavy (non-hydrogen) atoms. The van der Waals surface area contributed by atoms with Crippen molar-refractivity contribution in [2.75, 3.05) is 0 Å². The highest BCUT2D eigenvalue weighted by atomic mass is 16.7. The number of hydrogen-bond donors (Lipinski definition) is 0. The Labute approximate surface area is 120 Å². The third kappa shape index (κ3) is 1.30. The fourth-order valence-corrected chi connectivity index (χ4v) is 3.79. The van der Waals surface area contributed by atoms with Crippen LogP contribution in [0.4, 0.5) is 0 Å². The zero-order valence-corrected chi connectivity index (χ0v) is 11.7. The lowest BCUT2D eigenvalue weighted by Gasteiger charge is -2.14. The average Bonchev–Trinajstić information content (AvgIpc) is 3.24. The van der Waals surface area contributed by atoms with Crippen LogP contribution in [0.25, 0.3) is 0 Å². The minimum atomic E-state index is -0.834. The first kappa shape index (κ1) is 11.9. The summed E-state index contributed by atoms with van der Waals surface area (Å²) in [5.41, 5.74) is -0.160. The zero-order valence-electron chi connectivity index (χ0n) is 11.7. The maximum Gasteiger partial charge on any atom is 0.342 e. The van der Waals surface area contributed by atoms with Crippen LogP contribution in [-0.4, -0.2) is 41.5 Å². The summed E-state index contributed by atoms with van der Waals surface area (Å²) in [6.45, 7) is 3.65. The molecule has 110 valence electrons. The lowest BCUT2D eigenvalue weighted by atomic mass is 9.89. The van der Waals surface area contributed by atoms with Gasteiger partial charge in [-0.2, -0.15) is 0 Å². The van der Waals surface area contributed by atoms with Crippen LogP contribution in [0.5, 0.6) is 0 Å². The second-order valence-corrected chi connectivity index (χ2v) is 6.52. The molecule has 4 heterocycles. The summed E-state index contributed by atoms with van der Waals surface area (Å²) in [5.74, 6) is -0.278. The molecule has 0 unspecified atom stereocenters. The van der Waals surface area contributed by atoms with Crippen molar-refractivity contribution in [3.63, 3.8) is 0 Å². The molecule has 3 fully saturated rings. The van der Waals surface area contributed by atoms with E-state index in [0.717, 1.165) is 6.42 Å². The molecule has 6 nitrogen and oxygen atoms in total. The number of ether oxygens (including phenoxy) is 4. The topological polar surface area (TPSA) is 77.7 Å². The maximum absolute atomic E-state index is 12.2. The quantitative estimate of drug-likeness (QED) is 0.484. The van der Waals surface area contributed by atoms with E-state index in [-0.39, 0.29) is 18.2 Å². The van der Waals surface area contributed by atoms with E-state index in [2.05, 4.69) is 0 Å². The summed E-state index contributed by atoms with van der Waals surface area (Å²) in [6.07, 6.45) is 2.32. The van der Waals surface area contributed by atoms with Crippen LogP contribution in [0.1, 0.15) is 26.7 Å². The van der Waals surface area contributed by atoms with Crippen molar-refractivity contribution >= 4 is 11.9 Å². The Hall–Kier alpha value is -1.66. The van der Waals surface area contributed by atoms with E-state index in [0.29, 0.717) is 23.3 Å². The molecule has 5 aliphatic rings. The number of carbonyl (C=O) groups excluding carboxylic acids is 2. The summed E-state index contributed by atoms with van der Waals surface area (Å²) in [6, 6.07) is 0. The highest BCUT2D eigenvalue weighted by molar-refractivity contribution is 5.95. The Morgan fingerprint density at radius 3 is 2.86 bits per heavy atom. The first-order valence-corrected chi connectivity index (χ1v) is 7.17. The molecule has 2 bridgehead atoms. The number of epoxide rings is 2. The summed E-state index contributed by atoms with van der Waals surface area (Å²) in [4.78, 5) is 24.1. The molecule has 0 N–H and O–H groups in total. The summed E-state index contributed by atoms with van der Waals surface area (Å²) in [7, 11) is 0. The SMILES string of the molecule is CC1=C2/C(=C\[C@]3(C)O[C@H]3CC[C@]34O[C@H]3[C@@H]2OC4=O)OC1=O. The van der Waals surface area contributed by atoms with Crippen molar-refractivity contribution in [1.29, 1.82) is 0 Å². The van der Waals surface area contributed by atoms with Crippen LogP contribution in [0.2, 0.25) is 0 Å². The Bertz CT molecular complexity index is 676. The van der Waals surface area contributed by atoms with Crippen LogP contribution in [0.3, 0.4) is 0 Å². The molecule has 0 amide bonds. The van der Waals surface area contributed by atoms with E-state index >= 15 is 0 Å². The number of carbonyl (C=O) groups is 2. The Kier molecular flexibility index (Phi) is 1.83. The Morgan fingerprint density at radius 1 is 1.29 bits per heavy atom. The van der Waals surface area contributed by atoms with Gasteiger partial charge in [0.15, 0.2) is 11.7 Å². The second kappa shape index (κ2) is 3.23. The number of fused-ring (bicyclic) bond motifs is 3. The molecule has 0 aromatic rings. The van der Waals surface area contributed by atoms with E-state index < -0.39 is 23.3 Å². The van der Waals surface area contributed by atoms with Crippen LogP contribution < -0.4 is 0 Å². The molecule has 3 saturated heterocycles. The van der Waals surface area contributed by atoms with Gasteiger partial charge in [0, 0.05) is 11.1 Å². The van der Waals surface area contributed by atoms with Gasteiger partial charge in [-0.1, -0.05) is 0 Å². The Balaban J connectivity index is 1.68. The summed E-state index contributed by atoms with van der Waals surface area (Å²) >= 11 is 0. The van der Waals surface area contributed by atoms with Gasteiger partial charge in [0.05, 0.1) is 6.10 Å². The molecule has 0 aromatic carbocycles. The minimum Gasteiger partial charge on any atom is -0.452 e. The molecule has 0 spiro atoms. The predicted octanol–water partition coefficient (Wildman–Crippen LogP) is 0.758. The summed E-state index contributed by atoms with van der Waals surface area (Å²) < 4.78 is 22.2. The van der Waals surface area contributed by atoms with E-state index in [1.165, 1.54) is 0 Å². The first-order chi connectivity index (χ1) is 9.94. The molecule has 6 heteroatoms. The van der Waals surface area contributed by atoms with Gasteiger partial charge in [0.25, 0.3) is 0 Å². The smallest absolute Gasteiger partial charge is 0.342 e. The number of rotatable bonds is 0. The van der Waals surface area contributed by atoms with Gasteiger partial charge < -0.3 is 18.9 Å². The molecular formula is C15H14O6. The molecule has 0 saturated carbocycles. The highest BCUT2D eigenvalue weighted by Gasteiger charge is 2.75. The zero-order chi connectivity index (χ0) is 14.6. The third-order valence-electron chi connectivity index (χ3n) is 5.23. The van der Waals surface area contributed by atoms with Crippen LogP contribution in [-0.2, 0) is 28.5 Å². The van der Waals surface area contributed by atoms with Crippen molar-refractivity contribution in [2.45, 2.75) is 56.2 Å². The van der Waals surface area contributed by atoms with Gasteiger partial charge in [0.1, 0.15) is 17.5 Å². The van der Waals surface area contributed by atoms with Crippen molar-refractivity contribution in [1.82, 2.24) is 0 Å². The molecular weight excluding hydrogens is 276 g/mol. The fourth-order valence-electron chi connectivity index (χ4n) is 3.79. The molecule has 1 aliphatic carbocycles. The highest BCUT2D eigenvalue weighted by Crippen LogP contribution is 2.57. The van der Waals surface area contributed by atoms with E-state index in [1.54, 1.807) is 6.92 Å². The third-order valence-corrected chi connectivity index (χ3v) is 5.23. The van der Waals surface area contributed by atoms with E-state index in [9.17, 15) is 9.59 Å². The summed E-state index contributed by atoms with van der Waals surface area (Å²) in [5, 5.41) is 0. The predicted molar refractivity (Wildman–Crippen MR) is 66.9 cm³/mol. The van der Waals surface area contributed by atoms with Gasteiger partial charge in [-0.25, -0.2) is 9.59 Å². The average molecular weight is 290 g/mol. The lowest BCUT2D eigenvalue weighted by Crippen LogP contribution is -2.23. The minimum absolute atomic E-state index is 0.0232. The monoisotopic (exact) mass is 290 g/mol. The van der Waals surface area contributed by atoms with Crippen LogP contribution in [0, 0.1) is 0 Å². The van der Waals surface area contributed by atoms with Gasteiger partial charge in [-0.3, -0.25) is 0 Å². The normalized spacial score (nSPS) is 52.1. The number of hydrogen-bond acceptors (Lipinski definition) is 6. The van der Waals surface area contributed by atoms with Crippen molar-refractivity contribution < 1.29 is 28.5 Å². The van der Waals surface area contributed by atoms with Gasteiger partial charge in [-0.05, 0) is 32.8 Å². The van der Waals surface area contributed by atoms with Gasteiger partial charge in [0.2, 0.25) is 0 Å². The van der Waals surface area contributed by atoms with Gasteiger partial charge in [-0.15, -0.1) is 0 Å². The molecule has 0 aromatic heterocycles. The molecule has 4 aliphatic heterocycles. The second-order valence-electron chi connectivity index (χ2n) is 6.52. The molecule has 5 rings (SSSR count). The maximum atomic E-state index is 12.2. The van der Waals surface area contributed by atoms with Gasteiger partial charge >= 0.3 is 11.9 Å². The van der Waals surface area contributed by atoms with Crippen molar-refractivity contribution in [3.8, 4) is 0 Å². The van der Waals surface area contributed by atoms with E-state index in [1.807, 2.05) is 13.0 Å². The van der Waals surface area contributed by atoms with Crippen molar-refractivity contribution in [3.05, 3.63) is 23.0 Å². The van der Waals surface area contributed by atoms with E-state index in [4.69, 9.17) is 18.9 Å². The molecule has 5 atom stereocenters. The van der Waals surface area contributed by atoms with Crippen LogP contribution >= 0.6 is 0 Å². The Morgan fingerprint density at radius 2 is 2.10 bits per heavy atom. The largest absolute Gasteiger partial charge is 0.452 e. The lowest BCUT2D eigenvalue weighted by molar-refractivity contribution is -0.152. The first-order valence-electron chi connectivity index (χ1n) is 7.17. The van der Waals surface area contributed by atoms with Crippen molar-refractivity contribution in [2.24, 2.45) is 0 Å². The number of esters is 2. The molecule has 0 radical (unpaired) electrons. The fraction of sp³-hybridized carbons (Fsp3) is 0.600. The standard InChI is InChI=1S/C15H14O6/c1-6-9-7(18-12(6)16)5-14(2)8(20-14)3-4-15-11(21-15)10(9)19-13(15)17/h5,8,10-11H,3-4H2,1-2H3/b7-5+/t8-,10+,11-,14-,15-/m0/s1. The van der Waals surface area contributed by atoms with Crippen LogP contribution in [0.15, 0.2) is 23.0 Å².